The molecule has 2 N–H and O–H groups in total. The van der Waals surface area contributed by atoms with E-state index < -0.39 is 4.92 Å². The molecule has 0 unspecified atom stereocenters. The first-order valence-electron chi connectivity index (χ1n) is 5.04. The third-order valence-electron chi connectivity index (χ3n) is 2.36. The van der Waals surface area contributed by atoms with Gasteiger partial charge in [-0.15, -0.1) is 10.2 Å². The molecule has 90 valence electrons. The predicted octanol–water partition coefficient (Wildman–Crippen LogP) is 1.97. The van der Waals surface area contributed by atoms with Crippen molar-refractivity contribution >= 4 is 5.69 Å². The molecule has 18 heavy (non-hydrogen) atoms. The molecule has 3 heterocycles. The van der Waals surface area contributed by atoms with Gasteiger partial charge in [0.1, 0.15) is 11.4 Å². The maximum absolute atomic E-state index is 10.6. The summed E-state index contributed by atoms with van der Waals surface area (Å²) in [5, 5.41) is 18.2. The Hall–Kier alpha value is -2.90. The van der Waals surface area contributed by atoms with Crippen molar-refractivity contribution in [2.24, 2.45) is 0 Å². The molecule has 0 aliphatic rings. The summed E-state index contributed by atoms with van der Waals surface area (Å²) in [6.07, 6.45) is 3.01. The number of hydrogen-bond donors (Lipinski definition) is 2. The second kappa shape index (κ2) is 3.84. The van der Waals surface area contributed by atoms with Crippen LogP contribution < -0.4 is 0 Å². The molecule has 0 bridgehead atoms. The molecule has 0 atom stereocenters. The van der Waals surface area contributed by atoms with Crippen molar-refractivity contribution in [3.8, 4) is 23.2 Å². The monoisotopic (exact) mass is 245 g/mol. The van der Waals surface area contributed by atoms with Crippen molar-refractivity contribution in [1.82, 2.24) is 20.2 Å². The second-order valence-electron chi connectivity index (χ2n) is 3.52. The molecule has 0 aliphatic carbocycles. The van der Waals surface area contributed by atoms with E-state index in [1.165, 1.54) is 12.3 Å². The molecule has 3 rings (SSSR count). The molecule has 0 aromatic carbocycles. The van der Waals surface area contributed by atoms with E-state index in [4.69, 9.17) is 4.42 Å². The highest BCUT2D eigenvalue weighted by Gasteiger charge is 2.16. The van der Waals surface area contributed by atoms with Gasteiger partial charge < -0.3 is 14.4 Å². The van der Waals surface area contributed by atoms with Gasteiger partial charge in [-0.05, 0) is 12.1 Å². The van der Waals surface area contributed by atoms with Crippen molar-refractivity contribution < 1.29 is 9.34 Å². The Kier molecular flexibility index (Phi) is 2.19. The highest BCUT2D eigenvalue weighted by atomic mass is 16.6. The summed E-state index contributed by atoms with van der Waals surface area (Å²) in [6, 6.07) is 4.93. The average Bonchev–Trinajstić information content (AvgIpc) is 3.10. The minimum atomic E-state index is -0.498. The summed E-state index contributed by atoms with van der Waals surface area (Å²) in [5.74, 6) is 0.528. The fraction of sp³-hybridized carbons (Fsp3) is 0. The van der Waals surface area contributed by atoms with Gasteiger partial charge >= 0.3 is 0 Å². The Morgan fingerprint density at radius 2 is 2.00 bits per heavy atom. The van der Waals surface area contributed by atoms with Crippen LogP contribution >= 0.6 is 0 Å². The van der Waals surface area contributed by atoms with E-state index in [9.17, 15) is 10.1 Å². The van der Waals surface area contributed by atoms with Crippen molar-refractivity contribution in [1.29, 1.82) is 0 Å². The smallest absolute Gasteiger partial charge is 0.287 e. The largest absolute Gasteiger partial charge is 0.413 e. The highest BCUT2D eigenvalue weighted by Crippen LogP contribution is 2.24. The van der Waals surface area contributed by atoms with Crippen LogP contribution in [-0.4, -0.2) is 25.1 Å². The minimum absolute atomic E-state index is 0.0513. The van der Waals surface area contributed by atoms with Crippen LogP contribution in [0, 0.1) is 10.1 Å². The number of aromatic nitrogens is 4. The topological polar surface area (TPSA) is 114 Å². The van der Waals surface area contributed by atoms with Gasteiger partial charge in [0, 0.05) is 12.3 Å². The van der Waals surface area contributed by atoms with Crippen LogP contribution in [0.25, 0.3) is 23.2 Å². The molecule has 0 aliphatic heterocycles. The summed E-state index contributed by atoms with van der Waals surface area (Å²) in [6.45, 7) is 0. The maximum Gasteiger partial charge on any atom is 0.287 e. The molecule has 8 heteroatoms. The van der Waals surface area contributed by atoms with Gasteiger partial charge in [0.2, 0.25) is 0 Å². The zero-order chi connectivity index (χ0) is 12.5. The molecule has 0 saturated heterocycles. The summed E-state index contributed by atoms with van der Waals surface area (Å²) < 4.78 is 5.40. The minimum Gasteiger partial charge on any atom is -0.413 e. The number of nitrogens with zero attached hydrogens (tertiary/aromatic N) is 3. The van der Waals surface area contributed by atoms with Crippen LogP contribution in [0.4, 0.5) is 5.69 Å². The molecular weight excluding hydrogens is 238 g/mol. The van der Waals surface area contributed by atoms with Gasteiger partial charge in [0.25, 0.3) is 17.5 Å². The van der Waals surface area contributed by atoms with Gasteiger partial charge in [-0.25, -0.2) is 0 Å². The lowest BCUT2D eigenvalue weighted by molar-refractivity contribution is -0.384. The van der Waals surface area contributed by atoms with Crippen molar-refractivity contribution in [3.05, 3.63) is 40.7 Å². The summed E-state index contributed by atoms with van der Waals surface area (Å²) in [7, 11) is 0. The predicted molar refractivity (Wildman–Crippen MR) is 60.5 cm³/mol. The zero-order valence-electron chi connectivity index (χ0n) is 8.95. The summed E-state index contributed by atoms with van der Waals surface area (Å²) in [5.41, 5.74) is 1.05. The van der Waals surface area contributed by atoms with Crippen molar-refractivity contribution in [2.75, 3.05) is 0 Å². The van der Waals surface area contributed by atoms with E-state index in [-0.39, 0.29) is 11.6 Å². The lowest BCUT2D eigenvalue weighted by Gasteiger charge is -1.87. The quantitative estimate of drug-likeness (QED) is 0.540. The third kappa shape index (κ3) is 1.65. The number of nitrogens with one attached hydrogen (secondary N) is 2. The first-order valence-corrected chi connectivity index (χ1v) is 5.04. The number of aromatic amines is 2. The summed E-state index contributed by atoms with van der Waals surface area (Å²) >= 11 is 0. The van der Waals surface area contributed by atoms with E-state index in [2.05, 4.69) is 20.2 Å². The fourth-order valence-electron chi connectivity index (χ4n) is 1.52. The Morgan fingerprint density at radius 1 is 1.22 bits per heavy atom. The molecule has 3 aromatic rings. The normalized spacial score (nSPS) is 10.7. The molecule has 8 nitrogen and oxygen atoms in total. The van der Waals surface area contributed by atoms with Crippen LogP contribution in [0.2, 0.25) is 0 Å². The van der Waals surface area contributed by atoms with Gasteiger partial charge in [0.05, 0.1) is 11.1 Å². The lowest BCUT2D eigenvalue weighted by atomic mass is 10.4. The van der Waals surface area contributed by atoms with E-state index in [0.717, 1.165) is 0 Å². The van der Waals surface area contributed by atoms with Gasteiger partial charge in [-0.3, -0.25) is 10.1 Å². The van der Waals surface area contributed by atoms with Crippen molar-refractivity contribution in [2.45, 2.75) is 0 Å². The van der Waals surface area contributed by atoms with Crippen molar-refractivity contribution in [3.63, 3.8) is 0 Å². The zero-order valence-corrected chi connectivity index (χ0v) is 8.95. The van der Waals surface area contributed by atoms with Crippen LogP contribution in [0.3, 0.4) is 0 Å². The van der Waals surface area contributed by atoms with E-state index >= 15 is 0 Å². The molecule has 0 fully saturated rings. The van der Waals surface area contributed by atoms with Crippen LogP contribution in [0.1, 0.15) is 0 Å². The maximum atomic E-state index is 10.6. The highest BCUT2D eigenvalue weighted by molar-refractivity contribution is 5.55. The first-order chi connectivity index (χ1) is 8.74. The molecular formula is C10H7N5O3. The Labute approximate surface area is 99.8 Å². The number of rotatable bonds is 3. The Bertz CT molecular complexity index is 682. The van der Waals surface area contributed by atoms with Crippen LogP contribution in [0.5, 0.6) is 0 Å². The van der Waals surface area contributed by atoms with Gasteiger partial charge in [0.15, 0.2) is 0 Å². The first kappa shape index (κ1) is 10.3. The second-order valence-corrected chi connectivity index (χ2v) is 3.52. The molecule has 0 radical (unpaired) electrons. The lowest BCUT2D eigenvalue weighted by Crippen LogP contribution is -1.82. The fourth-order valence-corrected chi connectivity index (χ4v) is 1.52. The summed E-state index contributed by atoms with van der Waals surface area (Å²) in [4.78, 5) is 15.7. The number of hydrogen-bond acceptors (Lipinski definition) is 5. The van der Waals surface area contributed by atoms with Crippen LogP contribution in [0.15, 0.2) is 35.0 Å². The molecule has 3 aromatic heterocycles. The van der Waals surface area contributed by atoms with E-state index in [1.807, 2.05) is 0 Å². The molecule has 0 saturated carbocycles. The number of H-pyrrole nitrogens is 2. The van der Waals surface area contributed by atoms with Crippen LogP contribution in [-0.2, 0) is 0 Å². The third-order valence-corrected chi connectivity index (χ3v) is 2.36. The van der Waals surface area contributed by atoms with E-state index in [0.29, 0.717) is 17.3 Å². The van der Waals surface area contributed by atoms with E-state index in [1.54, 1.807) is 18.3 Å². The SMILES string of the molecule is O=[N+]([O-])c1c[nH]c(-c2nnc(-c3ccc[nH]3)o2)c1. The molecule has 0 spiro atoms. The average molecular weight is 245 g/mol. The molecule has 0 amide bonds. The standard InChI is InChI=1S/C10H7N5O3/c16-15(17)6-4-8(12-5-6)10-14-13-9(18-10)7-2-1-3-11-7/h1-5,11-12H. The Balaban J connectivity index is 1.95. The number of nitro groups is 1. The van der Waals surface area contributed by atoms with Gasteiger partial charge in [-0.1, -0.05) is 0 Å². The van der Waals surface area contributed by atoms with Gasteiger partial charge in [-0.2, -0.15) is 0 Å². The Morgan fingerprint density at radius 3 is 2.61 bits per heavy atom.